The summed E-state index contributed by atoms with van der Waals surface area (Å²) < 4.78 is 40.6. The SMILES string of the molecule is COc1ccc(C(=O)Nc2ccc(Oc3ccnc4cc(C)c(C)nc34)c(F)c2)c(=O)n1-c1ccc(F)cc1. The predicted molar refractivity (Wildman–Crippen MR) is 142 cm³/mol. The molecular formula is C29H22F2N4O4. The summed E-state index contributed by atoms with van der Waals surface area (Å²) in [7, 11) is 1.37. The van der Waals surface area contributed by atoms with Crippen LogP contribution < -0.4 is 20.3 Å². The maximum atomic E-state index is 15.0. The number of nitrogens with one attached hydrogen (secondary N) is 1. The van der Waals surface area contributed by atoms with Crippen LogP contribution in [0.4, 0.5) is 14.5 Å². The molecule has 0 spiro atoms. The molecule has 0 bridgehead atoms. The molecule has 1 N–H and O–H groups in total. The molecule has 0 aliphatic rings. The molecule has 2 aromatic carbocycles. The maximum absolute atomic E-state index is 15.0. The third-order valence-electron chi connectivity index (χ3n) is 6.11. The van der Waals surface area contributed by atoms with Crippen molar-refractivity contribution in [2.45, 2.75) is 13.8 Å². The van der Waals surface area contributed by atoms with E-state index in [9.17, 15) is 14.0 Å². The molecule has 3 heterocycles. The molecule has 0 unspecified atom stereocenters. The maximum Gasteiger partial charge on any atom is 0.270 e. The topological polar surface area (TPSA) is 95.3 Å². The molecule has 0 aliphatic heterocycles. The number of hydrogen-bond acceptors (Lipinski definition) is 6. The summed E-state index contributed by atoms with van der Waals surface area (Å²) in [6.45, 7) is 3.79. The van der Waals surface area contributed by atoms with Crippen LogP contribution in [0, 0.1) is 25.5 Å². The Labute approximate surface area is 221 Å². The van der Waals surface area contributed by atoms with E-state index < -0.39 is 23.1 Å². The number of carbonyl (C=O) groups excluding carboxylic acids is 1. The second-order valence-electron chi connectivity index (χ2n) is 8.68. The fourth-order valence-corrected chi connectivity index (χ4v) is 3.98. The quantitative estimate of drug-likeness (QED) is 0.303. The molecule has 0 fully saturated rings. The van der Waals surface area contributed by atoms with Gasteiger partial charge in [0.1, 0.15) is 16.9 Å². The number of aromatic nitrogens is 3. The molecule has 1 amide bonds. The predicted octanol–water partition coefficient (Wildman–Crippen LogP) is 5.73. The van der Waals surface area contributed by atoms with Gasteiger partial charge in [0.05, 0.1) is 18.3 Å². The summed E-state index contributed by atoms with van der Waals surface area (Å²) in [5, 5.41) is 2.53. The molecule has 0 saturated heterocycles. The Morgan fingerprint density at radius 1 is 0.949 bits per heavy atom. The van der Waals surface area contributed by atoms with E-state index in [1.54, 1.807) is 12.3 Å². The minimum absolute atomic E-state index is 0.0800. The number of carbonyl (C=O) groups is 1. The number of aryl methyl sites for hydroxylation is 2. The van der Waals surface area contributed by atoms with Crippen molar-refractivity contribution in [3.8, 4) is 23.1 Å². The lowest BCUT2D eigenvalue weighted by atomic mass is 10.2. The van der Waals surface area contributed by atoms with E-state index in [2.05, 4.69) is 15.3 Å². The number of nitrogens with zero attached hydrogens (tertiary/aromatic N) is 3. The molecule has 5 rings (SSSR count). The van der Waals surface area contributed by atoms with Crippen molar-refractivity contribution in [3.05, 3.63) is 112 Å². The lowest BCUT2D eigenvalue weighted by Crippen LogP contribution is -2.29. The number of benzene rings is 2. The zero-order valence-electron chi connectivity index (χ0n) is 21.2. The average molecular weight is 529 g/mol. The van der Waals surface area contributed by atoms with Gasteiger partial charge in [0.25, 0.3) is 11.5 Å². The van der Waals surface area contributed by atoms with Crippen LogP contribution in [-0.4, -0.2) is 27.6 Å². The Hall–Kier alpha value is -5.12. The van der Waals surface area contributed by atoms with Crippen molar-refractivity contribution in [3.63, 3.8) is 0 Å². The van der Waals surface area contributed by atoms with Crippen LogP contribution in [0.1, 0.15) is 21.6 Å². The molecule has 10 heteroatoms. The molecule has 3 aromatic heterocycles. The number of fused-ring (bicyclic) bond motifs is 1. The molecule has 0 atom stereocenters. The first-order valence-corrected chi connectivity index (χ1v) is 11.8. The van der Waals surface area contributed by atoms with Gasteiger partial charge in [-0.1, -0.05) is 0 Å². The first kappa shape index (κ1) is 25.5. The van der Waals surface area contributed by atoms with Gasteiger partial charge >= 0.3 is 0 Å². The summed E-state index contributed by atoms with van der Waals surface area (Å²) in [4.78, 5) is 35.0. The fourth-order valence-electron chi connectivity index (χ4n) is 3.98. The van der Waals surface area contributed by atoms with Gasteiger partial charge in [0.15, 0.2) is 17.3 Å². The van der Waals surface area contributed by atoms with Crippen molar-refractivity contribution in [1.82, 2.24) is 14.5 Å². The Kier molecular flexibility index (Phi) is 6.76. The van der Waals surface area contributed by atoms with Crippen LogP contribution in [-0.2, 0) is 0 Å². The Balaban J connectivity index is 1.41. The number of amides is 1. The Bertz CT molecular complexity index is 1790. The van der Waals surface area contributed by atoms with E-state index in [0.717, 1.165) is 21.9 Å². The summed E-state index contributed by atoms with van der Waals surface area (Å²) in [5.74, 6) is -1.57. The van der Waals surface area contributed by atoms with Crippen LogP contribution in [0.2, 0.25) is 0 Å². The van der Waals surface area contributed by atoms with Crippen molar-refractivity contribution in [1.29, 1.82) is 0 Å². The number of methoxy groups -OCH3 is 1. The number of pyridine rings is 3. The van der Waals surface area contributed by atoms with E-state index in [0.29, 0.717) is 22.5 Å². The lowest BCUT2D eigenvalue weighted by Gasteiger charge is -2.14. The average Bonchev–Trinajstić information content (AvgIpc) is 2.91. The normalized spacial score (nSPS) is 10.9. The van der Waals surface area contributed by atoms with E-state index in [1.165, 1.54) is 55.6 Å². The first-order valence-electron chi connectivity index (χ1n) is 11.8. The highest BCUT2D eigenvalue weighted by molar-refractivity contribution is 6.04. The number of anilines is 1. The summed E-state index contributed by atoms with van der Waals surface area (Å²) in [6, 6.07) is 15.3. The van der Waals surface area contributed by atoms with Gasteiger partial charge in [-0.3, -0.25) is 14.6 Å². The number of ether oxygens (including phenoxy) is 2. The van der Waals surface area contributed by atoms with Gasteiger partial charge < -0.3 is 14.8 Å². The van der Waals surface area contributed by atoms with Gasteiger partial charge in [-0.25, -0.2) is 18.3 Å². The van der Waals surface area contributed by atoms with Crippen molar-refractivity contribution < 1.29 is 23.0 Å². The Morgan fingerprint density at radius 2 is 1.72 bits per heavy atom. The number of halogens is 2. The van der Waals surface area contributed by atoms with Crippen LogP contribution in [0.5, 0.6) is 17.4 Å². The number of hydrogen-bond donors (Lipinski definition) is 1. The van der Waals surface area contributed by atoms with Gasteiger partial charge in [-0.05, 0) is 74.0 Å². The molecule has 8 nitrogen and oxygen atoms in total. The third-order valence-corrected chi connectivity index (χ3v) is 6.11. The molecule has 0 aliphatic carbocycles. The summed E-state index contributed by atoms with van der Waals surface area (Å²) in [6.07, 6.45) is 1.55. The molecule has 196 valence electrons. The van der Waals surface area contributed by atoms with Crippen LogP contribution in [0.15, 0.2) is 77.7 Å². The second kappa shape index (κ2) is 10.3. The molecule has 0 radical (unpaired) electrons. The van der Waals surface area contributed by atoms with E-state index in [-0.39, 0.29) is 22.9 Å². The number of rotatable bonds is 6. The highest BCUT2D eigenvalue weighted by atomic mass is 19.1. The fraction of sp³-hybridized carbons (Fsp3) is 0.103. The lowest BCUT2D eigenvalue weighted by molar-refractivity contribution is 0.102. The van der Waals surface area contributed by atoms with Gasteiger partial charge in [0.2, 0.25) is 5.88 Å². The Morgan fingerprint density at radius 3 is 2.44 bits per heavy atom. The monoisotopic (exact) mass is 528 g/mol. The first-order chi connectivity index (χ1) is 18.7. The van der Waals surface area contributed by atoms with Crippen LogP contribution >= 0.6 is 0 Å². The zero-order valence-corrected chi connectivity index (χ0v) is 21.2. The summed E-state index contributed by atoms with van der Waals surface area (Å²) in [5.41, 5.74) is 2.39. The minimum atomic E-state index is -0.762. The van der Waals surface area contributed by atoms with Crippen molar-refractivity contribution in [2.24, 2.45) is 0 Å². The van der Waals surface area contributed by atoms with E-state index in [1.807, 2.05) is 19.9 Å². The van der Waals surface area contributed by atoms with Gasteiger partial charge in [0, 0.05) is 29.7 Å². The highest BCUT2D eigenvalue weighted by Gasteiger charge is 2.18. The largest absolute Gasteiger partial charge is 0.482 e. The third kappa shape index (κ3) is 5.04. The van der Waals surface area contributed by atoms with Gasteiger partial charge in [-0.15, -0.1) is 0 Å². The van der Waals surface area contributed by atoms with Crippen molar-refractivity contribution in [2.75, 3.05) is 12.4 Å². The van der Waals surface area contributed by atoms with Crippen LogP contribution in [0.25, 0.3) is 16.7 Å². The highest BCUT2D eigenvalue weighted by Crippen LogP contribution is 2.31. The van der Waals surface area contributed by atoms with Crippen molar-refractivity contribution >= 4 is 22.6 Å². The minimum Gasteiger partial charge on any atom is -0.482 e. The summed E-state index contributed by atoms with van der Waals surface area (Å²) >= 11 is 0. The molecule has 0 saturated carbocycles. The smallest absolute Gasteiger partial charge is 0.270 e. The second-order valence-corrected chi connectivity index (χ2v) is 8.68. The van der Waals surface area contributed by atoms with E-state index >= 15 is 4.39 Å². The standard InChI is InChI=1S/C29H22F2N4O4/c1-16-14-23-27(33-17(16)2)25(12-13-32-23)39-24-10-6-19(15-22(24)31)34-28(36)21-9-11-26(38-3)35(29(21)37)20-7-4-18(30)5-8-20/h4-15H,1-3H3,(H,34,36). The van der Waals surface area contributed by atoms with Gasteiger partial charge in [-0.2, -0.15) is 0 Å². The zero-order chi connectivity index (χ0) is 27.7. The van der Waals surface area contributed by atoms with E-state index in [4.69, 9.17) is 9.47 Å². The van der Waals surface area contributed by atoms with Crippen LogP contribution in [0.3, 0.4) is 0 Å². The molecule has 5 aromatic rings. The molecule has 39 heavy (non-hydrogen) atoms. The molecular weight excluding hydrogens is 506 g/mol.